The number of carbonyl (C=O) groups excluding carboxylic acids is 2. The number of aliphatic hydroxyl groups excluding tert-OH is 3. The third-order valence-electron chi connectivity index (χ3n) is 21.3. The molecule has 8 aliphatic rings. The van der Waals surface area contributed by atoms with Gasteiger partial charge in [0.2, 0.25) is 0 Å². The van der Waals surface area contributed by atoms with Gasteiger partial charge in [0, 0.05) is 91.7 Å². The number of aliphatic hydroxyl groups is 3. The van der Waals surface area contributed by atoms with Gasteiger partial charge in [-0.1, -0.05) is 83.1 Å². The molecule has 372 valence electrons. The number of epoxide rings is 1. The van der Waals surface area contributed by atoms with Crippen molar-refractivity contribution in [2.75, 3.05) is 19.8 Å². The number of hydrogen-bond donors (Lipinski definition) is 4. The quantitative estimate of drug-likeness (QED) is 0.111. The molecule has 4 saturated carbocycles. The maximum absolute atomic E-state index is 15.8. The summed E-state index contributed by atoms with van der Waals surface area (Å²) in [4.78, 5) is 34.7. The van der Waals surface area contributed by atoms with E-state index in [2.05, 4.69) is 87.2 Å². The number of aryl methyl sites for hydroxylation is 1. The summed E-state index contributed by atoms with van der Waals surface area (Å²) in [6, 6.07) is 9.26. The fourth-order valence-electron chi connectivity index (χ4n) is 18.0. The van der Waals surface area contributed by atoms with Crippen molar-refractivity contribution in [2.45, 2.75) is 182 Å². The highest BCUT2D eigenvalue weighted by Crippen LogP contribution is 2.77. The molecule has 0 spiro atoms. The zero-order valence-electron chi connectivity index (χ0n) is 42.9. The van der Waals surface area contributed by atoms with Gasteiger partial charge < -0.3 is 34.3 Å². The minimum absolute atomic E-state index is 0.0122. The Morgan fingerprint density at radius 3 is 2.45 bits per heavy atom. The highest BCUT2D eigenvalue weighted by molar-refractivity contribution is 6.01. The fraction of sp³-hybridized carbons (Fsp3) is 0.700. The van der Waals surface area contributed by atoms with E-state index in [1.54, 1.807) is 0 Å². The normalized spacial score (nSPS) is 38.3. The molecule has 0 radical (unpaired) electrons. The number of benzene rings is 1. The second-order valence-electron chi connectivity index (χ2n) is 25.2. The molecule has 3 aliphatic heterocycles. The number of fused-ring (bicyclic) bond motifs is 7. The maximum atomic E-state index is 15.8. The Labute approximate surface area is 411 Å². The molecule has 2 bridgehead atoms. The summed E-state index contributed by atoms with van der Waals surface area (Å²) >= 11 is 0. The number of ether oxygens (including phenoxy) is 2. The van der Waals surface area contributed by atoms with Crippen LogP contribution < -0.4 is 0 Å². The van der Waals surface area contributed by atoms with E-state index < -0.39 is 45.4 Å². The molecule has 6 fully saturated rings. The van der Waals surface area contributed by atoms with Gasteiger partial charge in [0.05, 0.1) is 28.8 Å². The summed E-state index contributed by atoms with van der Waals surface area (Å²) in [5, 5.41) is 36.2. The Morgan fingerprint density at radius 1 is 1.00 bits per heavy atom. The first-order chi connectivity index (χ1) is 32.9. The van der Waals surface area contributed by atoms with Crippen LogP contribution >= 0.6 is 0 Å². The predicted octanol–water partition coefficient (Wildman–Crippen LogP) is 9.98. The number of hydrogen-bond acceptors (Lipinski definition) is 7. The number of nitrogens with one attached hydrogen (secondary N) is 1. The van der Waals surface area contributed by atoms with Gasteiger partial charge in [-0.15, -0.1) is 0 Å². The number of aromatic nitrogens is 2. The van der Waals surface area contributed by atoms with Crippen molar-refractivity contribution in [2.24, 2.45) is 63.1 Å². The van der Waals surface area contributed by atoms with Crippen LogP contribution in [0.4, 0.5) is 0 Å². The molecule has 3 aromatic rings. The molecule has 1 aromatic carbocycles. The Bertz CT molecular complexity index is 2630. The van der Waals surface area contributed by atoms with Gasteiger partial charge in [-0.3, -0.25) is 9.59 Å². The molecule has 13 atom stereocenters. The van der Waals surface area contributed by atoms with E-state index in [0.29, 0.717) is 56.8 Å². The zero-order valence-corrected chi connectivity index (χ0v) is 42.9. The number of ketones is 2. The van der Waals surface area contributed by atoms with Crippen molar-refractivity contribution in [3.8, 4) is 11.8 Å². The molecular weight excluding hydrogens is 861 g/mol. The molecule has 11 rings (SSSR count). The summed E-state index contributed by atoms with van der Waals surface area (Å²) < 4.78 is 14.2. The molecule has 9 heteroatoms. The van der Waals surface area contributed by atoms with E-state index in [0.717, 1.165) is 92.5 Å². The van der Waals surface area contributed by atoms with Crippen molar-refractivity contribution < 1.29 is 34.4 Å². The van der Waals surface area contributed by atoms with Crippen molar-refractivity contribution in [3.63, 3.8) is 0 Å². The number of H-pyrrole nitrogens is 1. The topological polar surface area (TPSA) is 137 Å². The lowest BCUT2D eigenvalue weighted by Crippen LogP contribution is -2.72. The van der Waals surface area contributed by atoms with Gasteiger partial charge in [0.1, 0.15) is 11.9 Å². The van der Waals surface area contributed by atoms with Crippen LogP contribution in [0, 0.1) is 81.8 Å². The minimum atomic E-state index is -0.831. The molecule has 5 heterocycles. The number of carbonyl (C=O) groups is 2. The number of Topliss-reactive ketones (excluding diaryl/α,β-unsaturated/α-hetero) is 2. The molecule has 0 amide bonds. The van der Waals surface area contributed by atoms with E-state index in [-0.39, 0.29) is 54.0 Å². The maximum Gasteiger partial charge on any atom is 0.160 e. The van der Waals surface area contributed by atoms with E-state index >= 15 is 9.59 Å². The van der Waals surface area contributed by atoms with Crippen molar-refractivity contribution in [1.29, 1.82) is 0 Å². The van der Waals surface area contributed by atoms with Crippen molar-refractivity contribution >= 4 is 22.6 Å². The average Bonchev–Trinajstić information content (AvgIpc) is 3.86. The van der Waals surface area contributed by atoms with Gasteiger partial charge >= 0.3 is 0 Å². The van der Waals surface area contributed by atoms with E-state index in [4.69, 9.17) is 9.47 Å². The van der Waals surface area contributed by atoms with Crippen LogP contribution in [-0.2, 0) is 38.4 Å². The molecular formula is C60H80N2O7. The molecule has 4 N–H and O–H groups in total. The summed E-state index contributed by atoms with van der Waals surface area (Å²) in [5.74, 6) is 7.45. The van der Waals surface area contributed by atoms with Gasteiger partial charge in [-0.2, -0.15) is 0 Å². The monoisotopic (exact) mass is 941 g/mol. The summed E-state index contributed by atoms with van der Waals surface area (Å²) in [6.45, 7) is 19.9. The van der Waals surface area contributed by atoms with Gasteiger partial charge in [0.15, 0.2) is 5.78 Å². The molecule has 2 aromatic heterocycles. The Morgan fingerprint density at radius 2 is 1.74 bits per heavy atom. The highest BCUT2D eigenvalue weighted by atomic mass is 16.6. The van der Waals surface area contributed by atoms with Gasteiger partial charge in [0.25, 0.3) is 0 Å². The lowest BCUT2D eigenvalue weighted by molar-refractivity contribution is -0.244. The summed E-state index contributed by atoms with van der Waals surface area (Å²) in [7, 11) is 0. The van der Waals surface area contributed by atoms with Crippen LogP contribution in [0.5, 0.6) is 0 Å². The largest absolute Gasteiger partial charge is 0.396 e. The number of aromatic amines is 1. The van der Waals surface area contributed by atoms with Crippen LogP contribution in [0.25, 0.3) is 11.0 Å². The first-order valence-corrected chi connectivity index (χ1v) is 27.2. The predicted molar refractivity (Wildman–Crippen MR) is 268 cm³/mol. The summed E-state index contributed by atoms with van der Waals surface area (Å²) in [6.07, 6.45) is 11.4. The second kappa shape index (κ2) is 17.0. The Kier molecular flexibility index (Phi) is 11.8. The smallest absolute Gasteiger partial charge is 0.160 e. The molecule has 13 unspecified atom stereocenters. The number of allylic oxidation sites excluding steroid dienone is 1. The minimum Gasteiger partial charge on any atom is -0.396 e. The standard InChI is InChI=1S/C60H80N2O7/c1-34-27-36(30-38(28-34)37-20-25-68-26-21-37)31-41-44-17-11-16-43-40(15-12-24-63)54(67)59(7,39-13-9-10-14-39)48-18-22-57(5)53(60(43,48)8)52(66)42(33-62(44)45-19-23-61-51(41)45)50-49(47(65)32-58(50,57)6)35(2)29-46(64)55-56(3,4)69-55/h19,23,27-28,30,35,37,39-40,42-43,46,48,52-53,55,61,63-64,66H,9-10,12-15,17-18,20-22,24-26,29,31-33H2,1-8H3. The SMILES string of the molecule is Cc1cc(Cc2c3n(c4cc[nH]c24)CC2C4=C(C(C)CC(O)C5OC5(C)C)C(=O)CC4(C)C4(C)CCC5C(C)(C6CCCC6)C(=O)C(CCCO)C(C#CC3)C5(C)C4C2O)cc(C2CCOCC2)c1. The molecule has 2 saturated heterocycles. The van der Waals surface area contributed by atoms with E-state index in [9.17, 15) is 15.3 Å². The molecule has 9 nitrogen and oxygen atoms in total. The first-order valence-electron chi connectivity index (χ1n) is 27.2. The lowest BCUT2D eigenvalue weighted by Gasteiger charge is -2.72. The Hall–Kier alpha value is -3.52. The zero-order chi connectivity index (χ0) is 48.6. The average molecular weight is 941 g/mol. The summed E-state index contributed by atoms with van der Waals surface area (Å²) in [5.41, 5.74) is 7.69. The number of nitrogens with zero attached hydrogens (tertiary/aromatic N) is 1. The van der Waals surface area contributed by atoms with Crippen LogP contribution in [0.3, 0.4) is 0 Å². The van der Waals surface area contributed by atoms with Crippen molar-refractivity contribution in [1.82, 2.24) is 9.55 Å². The third kappa shape index (κ3) is 7.09. The lowest BCUT2D eigenvalue weighted by atomic mass is 9.31. The third-order valence-corrected chi connectivity index (χ3v) is 21.3. The van der Waals surface area contributed by atoms with Crippen LogP contribution in [-0.4, -0.2) is 80.2 Å². The molecule has 69 heavy (non-hydrogen) atoms. The molecule has 5 aliphatic carbocycles. The fourth-order valence-corrected chi connectivity index (χ4v) is 18.0. The first kappa shape index (κ1) is 47.8. The highest BCUT2D eigenvalue weighted by Gasteiger charge is 2.76. The van der Waals surface area contributed by atoms with Gasteiger partial charge in [-0.25, -0.2) is 0 Å². The van der Waals surface area contributed by atoms with E-state index in [1.165, 1.54) is 22.3 Å². The van der Waals surface area contributed by atoms with Crippen molar-refractivity contribution in [3.05, 3.63) is 69.6 Å². The van der Waals surface area contributed by atoms with Crippen LogP contribution in [0.15, 0.2) is 41.6 Å². The van der Waals surface area contributed by atoms with Crippen LogP contribution in [0.2, 0.25) is 0 Å². The second-order valence-corrected chi connectivity index (χ2v) is 25.2. The Balaban J connectivity index is 1.13. The van der Waals surface area contributed by atoms with Gasteiger partial charge in [-0.05, 0) is 147 Å². The van der Waals surface area contributed by atoms with E-state index in [1.807, 2.05) is 20.0 Å². The van der Waals surface area contributed by atoms with Crippen LogP contribution in [0.1, 0.15) is 159 Å². The number of rotatable bonds is 11.